The van der Waals surface area contributed by atoms with E-state index in [1.165, 1.54) is 212 Å². The third kappa shape index (κ3) is 59.2. The normalized spacial score (nSPS) is 13.5. The zero-order valence-electron chi connectivity index (χ0n) is 49.3. The van der Waals surface area contributed by atoms with E-state index in [2.05, 4.69) is 62.5 Å². The van der Waals surface area contributed by atoms with Crippen molar-refractivity contribution in [1.29, 1.82) is 0 Å². The van der Waals surface area contributed by atoms with Gasteiger partial charge in [-0.25, -0.2) is 0 Å². The number of allylic oxidation sites excluding steroid dienone is 8. The number of unbranched alkanes of at least 4 members (excludes halogenated alkanes) is 36. The van der Waals surface area contributed by atoms with Gasteiger partial charge in [-0.05, 0) is 77.0 Å². The van der Waals surface area contributed by atoms with Gasteiger partial charge < -0.3 is 27.9 Å². The lowest BCUT2D eigenvalue weighted by Gasteiger charge is -2.28. The number of hydrogen-bond acceptors (Lipinski definition) is 8. The minimum atomic E-state index is -4.64. The zero-order valence-corrected chi connectivity index (χ0v) is 50.2. The molecular formula is C64H120NO8P. The molecule has 0 saturated heterocycles. The second kappa shape index (κ2) is 55.7. The van der Waals surface area contributed by atoms with Crippen molar-refractivity contribution in [2.75, 3.05) is 47.5 Å². The van der Waals surface area contributed by atoms with Crippen LogP contribution in [0.1, 0.15) is 296 Å². The van der Waals surface area contributed by atoms with E-state index in [0.29, 0.717) is 17.4 Å². The van der Waals surface area contributed by atoms with Crippen LogP contribution in [0, 0.1) is 0 Å². The molecule has 434 valence electrons. The maximum atomic E-state index is 12.8. The summed E-state index contributed by atoms with van der Waals surface area (Å²) in [7, 11) is 1.17. The fraction of sp³-hybridized carbons (Fsp3) is 0.844. The number of nitrogens with zero attached hydrogens (tertiary/aromatic N) is 1. The number of carbonyl (C=O) groups is 2. The minimum Gasteiger partial charge on any atom is -0.756 e. The standard InChI is InChI=1S/C64H120NO8P/c1-6-8-10-12-14-16-18-20-22-24-26-27-28-29-30-31-32-33-34-35-36-37-39-41-43-45-47-49-51-53-55-57-64(67)73-62(61-72-74(68,69)71-59-58-65(3,4)5)60-70-63(66)56-54-52-50-48-46-44-42-40-38-25-23-21-19-17-15-13-11-9-7-2/h18,20-21,23-24,26,28-29,62H,6-17,19,22,25,27,30-61H2,1-5H3/b20-18-,23-21-,26-24-,29-28-. The van der Waals surface area contributed by atoms with Crippen molar-refractivity contribution in [3.8, 4) is 0 Å². The predicted molar refractivity (Wildman–Crippen MR) is 314 cm³/mol. The predicted octanol–water partition coefficient (Wildman–Crippen LogP) is 19.1. The maximum absolute atomic E-state index is 12.8. The largest absolute Gasteiger partial charge is 0.756 e. The third-order valence-electron chi connectivity index (χ3n) is 13.8. The molecule has 2 atom stereocenters. The molecule has 0 N–H and O–H groups in total. The molecule has 0 aliphatic rings. The highest BCUT2D eigenvalue weighted by atomic mass is 31.2. The van der Waals surface area contributed by atoms with Gasteiger partial charge in [0.25, 0.3) is 7.82 Å². The van der Waals surface area contributed by atoms with E-state index >= 15 is 0 Å². The summed E-state index contributed by atoms with van der Waals surface area (Å²) in [6.45, 7) is 4.26. The fourth-order valence-corrected chi connectivity index (χ4v) is 9.68. The first kappa shape index (κ1) is 72.0. The van der Waals surface area contributed by atoms with Crippen molar-refractivity contribution in [2.45, 2.75) is 302 Å². The zero-order chi connectivity index (χ0) is 54.2. The van der Waals surface area contributed by atoms with Crippen LogP contribution >= 0.6 is 7.82 Å². The quantitative estimate of drug-likeness (QED) is 0.0195. The van der Waals surface area contributed by atoms with Crippen molar-refractivity contribution < 1.29 is 42.1 Å². The molecule has 0 aromatic carbocycles. The molecule has 0 rings (SSSR count). The molecule has 0 heterocycles. The van der Waals surface area contributed by atoms with Gasteiger partial charge in [0.15, 0.2) is 6.10 Å². The summed E-state index contributed by atoms with van der Waals surface area (Å²) in [5.41, 5.74) is 0. The van der Waals surface area contributed by atoms with Crippen molar-refractivity contribution in [3.63, 3.8) is 0 Å². The number of phosphoric acid groups is 1. The number of ether oxygens (including phenoxy) is 2. The third-order valence-corrected chi connectivity index (χ3v) is 14.8. The number of hydrogen-bond donors (Lipinski definition) is 0. The van der Waals surface area contributed by atoms with Crippen molar-refractivity contribution >= 4 is 19.8 Å². The first-order valence-corrected chi connectivity index (χ1v) is 32.8. The Bertz CT molecular complexity index is 1390. The Kier molecular flexibility index (Phi) is 54.2. The van der Waals surface area contributed by atoms with E-state index in [9.17, 15) is 19.0 Å². The Hall–Kier alpha value is -2.03. The van der Waals surface area contributed by atoms with Crippen LogP contribution in [0.25, 0.3) is 0 Å². The van der Waals surface area contributed by atoms with Crippen LogP contribution in [0.3, 0.4) is 0 Å². The van der Waals surface area contributed by atoms with Gasteiger partial charge in [0.1, 0.15) is 19.8 Å². The summed E-state index contributed by atoms with van der Waals surface area (Å²) < 4.78 is 34.2. The van der Waals surface area contributed by atoms with Gasteiger partial charge in [0.2, 0.25) is 0 Å². The summed E-state index contributed by atoms with van der Waals surface area (Å²) in [6.07, 6.45) is 70.2. The lowest BCUT2D eigenvalue weighted by Crippen LogP contribution is -2.37. The second-order valence-corrected chi connectivity index (χ2v) is 23.8. The molecule has 0 radical (unpaired) electrons. The average Bonchev–Trinajstić information content (AvgIpc) is 3.36. The molecule has 0 fully saturated rings. The summed E-state index contributed by atoms with van der Waals surface area (Å²) in [4.78, 5) is 37.9. The Labute approximate surface area is 458 Å². The van der Waals surface area contributed by atoms with Crippen LogP contribution in [0.4, 0.5) is 0 Å². The molecule has 0 aliphatic carbocycles. The van der Waals surface area contributed by atoms with Crippen LogP contribution in [0.2, 0.25) is 0 Å². The summed E-state index contributed by atoms with van der Waals surface area (Å²) in [6, 6.07) is 0. The second-order valence-electron chi connectivity index (χ2n) is 22.4. The van der Waals surface area contributed by atoms with E-state index in [1.54, 1.807) is 0 Å². The van der Waals surface area contributed by atoms with Crippen LogP contribution in [-0.4, -0.2) is 70.0 Å². The number of esters is 2. The molecule has 2 unspecified atom stereocenters. The molecule has 74 heavy (non-hydrogen) atoms. The van der Waals surface area contributed by atoms with E-state index in [0.717, 1.165) is 51.4 Å². The smallest absolute Gasteiger partial charge is 0.306 e. The lowest BCUT2D eigenvalue weighted by atomic mass is 10.0. The Balaban J connectivity index is 4.07. The number of quaternary nitrogens is 1. The number of carbonyl (C=O) groups excluding carboxylic acids is 2. The number of phosphoric ester groups is 1. The van der Waals surface area contributed by atoms with Gasteiger partial charge in [-0.3, -0.25) is 14.2 Å². The SMILES string of the molecule is CCCCCCC/C=C\C/C=C\C/C=C\CCCCCCCCCCCCCCCCCCC(=O)OC(COC(=O)CCCCCCCCCCC/C=C\CCCCCCCC)COP(=O)([O-])OCC[N+](C)(C)C. The van der Waals surface area contributed by atoms with E-state index in [-0.39, 0.29) is 32.0 Å². The summed E-state index contributed by atoms with van der Waals surface area (Å²) in [5.74, 6) is -0.824. The van der Waals surface area contributed by atoms with E-state index in [1.807, 2.05) is 21.1 Å². The van der Waals surface area contributed by atoms with Gasteiger partial charge in [-0.2, -0.15) is 0 Å². The highest BCUT2D eigenvalue weighted by Gasteiger charge is 2.22. The van der Waals surface area contributed by atoms with Crippen molar-refractivity contribution in [3.05, 3.63) is 48.6 Å². The number of rotatable bonds is 58. The van der Waals surface area contributed by atoms with Crippen LogP contribution in [-0.2, 0) is 32.7 Å². The van der Waals surface area contributed by atoms with Gasteiger partial charge in [-0.1, -0.05) is 255 Å². The number of likely N-dealkylation sites (N-methyl/N-ethyl adjacent to an activating group) is 1. The highest BCUT2D eigenvalue weighted by molar-refractivity contribution is 7.45. The van der Waals surface area contributed by atoms with Crippen molar-refractivity contribution in [2.24, 2.45) is 0 Å². The summed E-state index contributed by atoms with van der Waals surface area (Å²) in [5, 5.41) is 0. The van der Waals surface area contributed by atoms with Gasteiger partial charge in [0, 0.05) is 12.8 Å². The van der Waals surface area contributed by atoms with Gasteiger partial charge in [-0.15, -0.1) is 0 Å². The first-order chi connectivity index (χ1) is 36.0. The van der Waals surface area contributed by atoms with Gasteiger partial charge in [0.05, 0.1) is 27.7 Å². The molecule has 0 aromatic rings. The monoisotopic (exact) mass is 1060 g/mol. The molecule has 9 nitrogen and oxygen atoms in total. The van der Waals surface area contributed by atoms with Crippen LogP contribution in [0.5, 0.6) is 0 Å². The topological polar surface area (TPSA) is 111 Å². The minimum absolute atomic E-state index is 0.0304. The molecular weight excluding hydrogens is 942 g/mol. The molecule has 0 aromatic heterocycles. The maximum Gasteiger partial charge on any atom is 0.306 e. The average molecular weight is 1060 g/mol. The Morgan fingerprint density at radius 3 is 1.09 bits per heavy atom. The molecule has 10 heteroatoms. The lowest BCUT2D eigenvalue weighted by molar-refractivity contribution is -0.870. The summed E-state index contributed by atoms with van der Waals surface area (Å²) >= 11 is 0. The van der Waals surface area contributed by atoms with E-state index < -0.39 is 26.5 Å². The fourth-order valence-electron chi connectivity index (χ4n) is 8.95. The molecule has 0 saturated carbocycles. The van der Waals surface area contributed by atoms with Crippen LogP contribution < -0.4 is 4.89 Å². The molecule has 0 amide bonds. The Morgan fingerprint density at radius 2 is 0.730 bits per heavy atom. The Morgan fingerprint density at radius 1 is 0.419 bits per heavy atom. The van der Waals surface area contributed by atoms with E-state index in [4.69, 9.17) is 18.5 Å². The van der Waals surface area contributed by atoms with Crippen LogP contribution in [0.15, 0.2) is 48.6 Å². The first-order valence-electron chi connectivity index (χ1n) is 31.3. The molecule has 0 spiro atoms. The molecule has 0 bridgehead atoms. The van der Waals surface area contributed by atoms with Crippen molar-refractivity contribution in [1.82, 2.24) is 0 Å². The van der Waals surface area contributed by atoms with Gasteiger partial charge >= 0.3 is 11.9 Å². The molecule has 0 aliphatic heterocycles. The highest BCUT2D eigenvalue weighted by Crippen LogP contribution is 2.38.